The number of nitrogens with one attached hydrogen (secondary N) is 1. The van der Waals surface area contributed by atoms with Crippen LogP contribution in [0.2, 0.25) is 0 Å². The van der Waals surface area contributed by atoms with Crippen LogP contribution in [0.3, 0.4) is 0 Å². The van der Waals surface area contributed by atoms with Crippen molar-refractivity contribution in [2.24, 2.45) is 4.99 Å². The number of aromatic nitrogens is 5. The fourth-order valence-electron chi connectivity index (χ4n) is 6.18. The molecule has 0 spiro atoms. The van der Waals surface area contributed by atoms with Crippen LogP contribution in [-0.4, -0.2) is 97.8 Å². The summed E-state index contributed by atoms with van der Waals surface area (Å²) in [7, 11) is 0. The van der Waals surface area contributed by atoms with Crippen LogP contribution in [-0.2, 0) is 11.3 Å². The van der Waals surface area contributed by atoms with Gasteiger partial charge in [-0.15, -0.1) is 11.8 Å². The van der Waals surface area contributed by atoms with Crippen LogP contribution in [0.4, 0.5) is 14.5 Å². The monoisotopic (exact) mass is 663 g/mol. The third-order valence-electron chi connectivity index (χ3n) is 8.45. The Labute approximate surface area is 274 Å². The van der Waals surface area contributed by atoms with Crippen LogP contribution in [0, 0.1) is 0 Å². The van der Waals surface area contributed by atoms with E-state index in [4.69, 9.17) is 4.74 Å². The molecule has 246 valence electrons. The van der Waals surface area contributed by atoms with Crippen molar-refractivity contribution in [3.63, 3.8) is 0 Å². The number of aliphatic imine (C=N–C) groups is 1. The summed E-state index contributed by atoms with van der Waals surface area (Å²) in [6, 6.07) is 6.85. The minimum atomic E-state index is -3.07. The highest BCUT2D eigenvalue weighted by atomic mass is 32.2. The zero-order valence-electron chi connectivity index (χ0n) is 25.9. The number of piperidine rings is 2. The summed E-state index contributed by atoms with van der Waals surface area (Å²) < 4.78 is 34.6. The Kier molecular flexibility index (Phi) is 9.92. The zero-order chi connectivity index (χ0) is 32.9. The molecule has 3 aromatic heterocycles. The molecule has 2 aliphatic heterocycles. The first-order chi connectivity index (χ1) is 22.8. The zero-order valence-corrected chi connectivity index (χ0v) is 26.7. The lowest BCUT2D eigenvalue weighted by atomic mass is 9.98. The Morgan fingerprint density at radius 3 is 2.85 bits per heavy atom. The summed E-state index contributed by atoms with van der Waals surface area (Å²) in [5.74, 6) is -0.756. The van der Waals surface area contributed by atoms with E-state index >= 15 is 0 Å². The van der Waals surface area contributed by atoms with Crippen LogP contribution < -0.4 is 10.1 Å². The van der Waals surface area contributed by atoms with Crippen molar-refractivity contribution in [1.29, 1.82) is 0 Å². The second-order valence-electron chi connectivity index (χ2n) is 11.4. The van der Waals surface area contributed by atoms with Gasteiger partial charge in [0.2, 0.25) is 5.91 Å². The number of halogens is 2. The van der Waals surface area contributed by atoms with Crippen molar-refractivity contribution in [2.75, 3.05) is 37.8 Å². The predicted octanol–water partition coefficient (Wildman–Crippen LogP) is 4.84. The molecule has 2 aliphatic rings. The smallest absolute Gasteiger partial charge is 0.387 e. The molecule has 0 bridgehead atoms. The van der Waals surface area contributed by atoms with Crippen LogP contribution >= 0.6 is 11.8 Å². The normalized spacial score (nSPS) is 17.0. The number of carbonyl (C=O) groups is 2. The van der Waals surface area contributed by atoms with Gasteiger partial charge in [0.05, 0.1) is 11.9 Å². The van der Waals surface area contributed by atoms with E-state index in [1.54, 1.807) is 30.6 Å². The van der Waals surface area contributed by atoms with E-state index in [1.165, 1.54) is 45.0 Å². The predicted molar refractivity (Wildman–Crippen MR) is 175 cm³/mol. The standard InChI is InChI=1S/C32H35F2N9O3S/c1-35-16-21-5-3-11-41(18-21)22-8-13-40(14-9-22)28(44)20-42-19-26(38-31(45)25-17-37-43-12-4-10-36-30(25)43)29(39-42)24-15-23(47-2)6-7-27(24)46-32(33)34/h4,6-7,10,12,15-17,19,22,32H,1,3,5,8-9,11,13-14,18,20H2,2H3,(H,38,45)/b21-16+. The maximum atomic E-state index is 13.5. The maximum absolute atomic E-state index is 13.5. The number of benzene rings is 1. The molecular formula is C32H35F2N9O3S. The fraction of sp³-hybridized carbons (Fsp3) is 0.375. The Balaban J connectivity index is 1.23. The van der Waals surface area contributed by atoms with Gasteiger partial charge in [-0.1, -0.05) is 0 Å². The molecule has 0 saturated carbocycles. The molecule has 2 fully saturated rings. The highest BCUT2D eigenvalue weighted by molar-refractivity contribution is 7.98. The summed E-state index contributed by atoms with van der Waals surface area (Å²) in [6.45, 7) is 3.54. The molecule has 15 heteroatoms. The molecule has 1 N–H and O–H groups in total. The Morgan fingerprint density at radius 2 is 2.09 bits per heavy atom. The van der Waals surface area contributed by atoms with Gasteiger partial charge in [0.25, 0.3) is 5.91 Å². The minimum absolute atomic E-state index is 0.0966. The summed E-state index contributed by atoms with van der Waals surface area (Å²) in [5, 5.41) is 11.6. The SMILES string of the molecule is C=N/C=C1\CCCN(C2CCN(C(=O)Cn3cc(NC(=O)c4cnn5cccnc45)c(-c4cc(SC)ccc4OC(F)F)n3)CC2)C1. The van der Waals surface area contributed by atoms with Crippen molar-refractivity contribution in [2.45, 2.75) is 49.8 Å². The van der Waals surface area contributed by atoms with Crippen LogP contribution in [0.25, 0.3) is 16.9 Å². The number of rotatable bonds is 10. The van der Waals surface area contributed by atoms with Crippen LogP contribution in [0.15, 0.2) is 70.7 Å². The lowest BCUT2D eigenvalue weighted by Crippen LogP contribution is -2.49. The first-order valence-corrected chi connectivity index (χ1v) is 16.5. The Hall–Kier alpha value is -4.63. The van der Waals surface area contributed by atoms with Gasteiger partial charge in [0.15, 0.2) is 5.65 Å². The molecule has 4 aromatic rings. The second kappa shape index (κ2) is 14.4. The molecule has 5 heterocycles. The summed E-state index contributed by atoms with van der Waals surface area (Å²) in [4.78, 5) is 40.2. The van der Waals surface area contributed by atoms with Crippen molar-refractivity contribution in [3.05, 3.63) is 66.4 Å². The third-order valence-corrected chi connectivity index (χ3v) is 9.17. The Morgan fingerprint density at radius 1 is 1.26 bits per heavy atom. The van der Waals surface area contributed by atoms with Crippen LogP contribution in [0.5, 0.6) is 5.75 Å². The topological polar surface area (TPSA) is 122 Å². The number of alkyl halides is 2. The number of hydrogen-bond donors (Lipinski definition) is 1. The average Bonchev–Trinajstić information content (AvgIpc) is 3.69. The first kappa shape index (κ1) is 32.3. The quantitative estimate of drug-likeness (QED) is 0.189. The van der Waals surface area contributed by atoms with E-state index < -0.39 is 12.5 Å². The largest absolute Gasteiger partial charge is 0.434 e. The molecule has 0 unspecified atom stereocenters. The molecule has 1 aromatic carbocycles. The van der Waals surface area contributed by atoms with E-state index in [1.807, 2.05) is 17.4 Å². The van der Waals surface area contributed by atoms with Crippen LogP contribution in [0.1, 0.15) is 36.0 Å². The Bertz CT molecular complexity index is 1800. The van der Waals surface area contributed by atoms with E-state index in [0.717, 1.165) is 43.7 Å². The lowest BCUT2D eigenvalue weighted by molar-refractivity contribution is -0.133. The molecule has 47 heavy (non-hydrogen) atoms. The third kappa shape index (κ3) is 7.36. The van der Waals surface area contributed by atoms with Gasteiger partial charge in [0.1, 0.15) is 23.6 Å². The number of hydrogen-bond acceptors (Lipinski definition) is 9. The van der Waals surface area contributed by atoms with Gasteiger partial charge in [-0.3, -0.25) is 24.2 Å². The maximum Gasteiger partial charge on any atom is 0.387 e. The second-order valence-corrected chi connectivity index (χ2v) is 12.3. The molecule has 0 radical (unpaired) electrons. The average molecular weight is 664 g/mol. The van der Waals surface area contributed by atoms with Gasteiger partial charge in [-0.05, 0) is 75.0 Å². The van der Waals surface area contributed by atoms with E-state index in [9.17, 15) is 18.4 Å². The number of likely N-dealkylation sites (tertiary alicyclic amines) is 2. The first-order valence-electron chi connectivity index (χ1n) is 15.3. The van der Waals surface area contributed by atoms with E-state index in [0.29, 0.717) is 24.8 Å². The summed E-state index contributed by atoms with van der Waals surface area (Å²) >= 11 is 1.41. The number of nitrogens with zero attached hydrogens (tertiary/aromatic N) is 8. The number of thioether (sulfide) groups is 1. The molecule has 0 atom stereocenters. The van der Waals surface area contributed by atoms with Crippen molar-refractivity contribution in [3.8, 4) is 17.0 Å². The van der Waals surface area contributed by atoms with Gasteiger partial charge in [0, 0.05) is 60.9 Å². The van der Waals surface area contributed by atoms with Gasteiger partial charge >= 0.3 is 6.61 Å². The number of anilines is 1. The van der Waals surface area contributed by atoms with Gasteiger partial charge < -0.3 is 15.0 Å². The summed E-state index contributed by atoms with van der Waals surface area (Å²) in [5.41, 5.74) is 2.49. The van der Waals surface area contributed by atoms with Gasteiger partial charge in [-0.2, -0.15) is 19.0 Å². The number of carbonyl (C=O) groups excluding carboxylic acids is 2. The molecular weight excluding hydrogens is 628 g/mol. The minimum Gasteiger partial charge on any atom is -0.434 e. The van der Waals surface area contributed by atoms with E-state index in [-0.39, 0.29) is 40.7 Å². The van der Waals surface area contributed by atoms with E-state index in [2.05, 4.69) is 37.1 Å². The number of ether oxygens (including phenoxy) is 1. The van der Waals surface area contributed by atoms with Crippen molar-refractivity contribution >= 4 is 41.6 Å². The molecule has 12 nitrogen and oxygen atoms in total. The highest BCUT2D eigenvalue weighted by Crippen LogP contribution is 2.38. The van der Waals surface area contributed by atoms with Crippen molar-refractivity contribution in [1.82, 2.24) is 34.2 Å². The molecule has 2 amide bonds. The molecule has 6 rings (SSSR count). The van der Waals surface area contributed by atoms with Gasteiger partial charge in [-0.25, -0.2) is 9.50 Å². The van der Waals surface area contributed by atoms with Crippen molar-refractivity contribution < 1.29 is 23.1 Å². The molecule has 0 aliphatic carbocycles. The highest BCUT2D eigenvalue weighted by Gasteiger charge is 2.29. The lowest BCUT2D eigenvalue weighted by Gasteiger charge is -2.40. The number of amides is 2. The molecule has 2 saturated heterocycles. The number of fused-ring (bicyclic) bond motifs is 1. The summed E-state index contributed by atoms with van der Waals surface area (Å²) in [6.07, 6.45) is 13.7. The fourth-order valence-corrected chi connectivity index (χ4v) is 6.62.